The van der Waals surface area contributed by atoms with Crippen LogP contribution in [-0.2, 0) is 6.61 Å². The molecule has 0 aliphatic carbocycles. The molecule has 2 aromatic carbocycles. The van der Waals surface area contributed by atoms with Crippen molar-refractivity contribution in [1.29, 1.82) is 0 Å². The van der Waals surface area contributed by atoms with Crippen LogP contribution in [0.25, 0.3) is 0 Å². The molecular weight excluding hydrogens is 417 g/mol. The number of nitrogens with one attached hydrogen (secondary N) is 1. The number of halogens is 3. The SMILES string of the molecule is COc1cc(C(=O)Nc2ccc(OC(F)(F)F)cc2)ccc1OCc1c(C)noc1C. The molecule has 164 valence electrons. The number of methoxy groups -OCH3 is 1. The number of rotatable bonds is 7. The summed E-state index contributed by atoms with van der Waals surface area (Å²) in [4.78, 5) is 12.5. The van der Waals surface area contributed by atoms with Crippen LogP contribution >= 0.6 is 0 Å². The molecule has 0 saturated heterocycles. The standard InChI is InChI=1S/C21H19F3N2O5/c1-12-17(13(2)31-26-12)11-29-18-9-4-14(10-19(18)28-3)20(27)25-15-5-7-16(8-6-15)30-21(22,23)24/h4-10H,11H2,1-3H3,(H,25,27). The summed E-state index contributed by atoms with van der Waals surface area (Å²) in [6.45, 7) is 3.81. The van der Waals surface area contributed by atoms with Gasteiger partial charge in [0.05, 0.1) is 18.4 Å². The molecule has 1 heterocycles. The average molecular weight is 436 g/mol. The molecule has 0 unspecified atom stereocenters. The lowest BCUT2D eigenvalue weighted by Gasteiger charge is -2.13. The maximum Gasteiger partial charge on any atom is 0.573 e. The number of nitrogens with zero attached hydrogens (tertiary/aromatic N) is 1. The zero-order valence-corrected chi connectivity index (χ0v) is 16.9. The van der Waals surface area contributed by atoms with Gasteiger partial charge in [0.1, 0.15) is 18.1 Å². The lowest BCUT2D eigenvalue weighted by molar-refractivity contribution is -0.274. The number of hydrogen-bond acceptors (Lipinski definition) is 6. The van der Waals surface area contributed by atoms with E-state index in [-0.39, 0.29) is 17.9 Å². The second-order valence-corrected chi connectivity index (χ2v) is 6.48. The van der Waals surface area contributed by atoms with Crippen LogP contribution in [-0.4, -0.2) is 24.5 Å². The van der Waals surface area contributed by atoms with Gasteiger partial charge in [-0.15, -0.1) is 13.2 Å². The predicted octanol–water partition coefficient (Wildman–Crippen LogP) is 5.03. The van der Waals surface area contributed by atoms with Gasteiger partial charge < -0.3 is 24.1 Å². The number of aromatic nitrogens is 1. The Morgan fingerprint density at radius 3 is 2.39 bits per heavy atom. The highest BCUT2D eigenvalue weighted by Crippen LogP contribution is 2.30. The molecule has 3 rings (SSSR count). The van der Waals surface area contributed by atoms with E-state index >= 15 is 0 Å². The second-order valence-electron chi connectivity index (χ2n) is 6.48. The Morgan fingerprint density at radius 2 is 1.81 bits per heavy atom. The number of hydrogen-bond donors (Lipinski definition) is 1. The van der Waals surface area contributed by atoms with Gasteiger partial charge in [0.15, 0.2) is 11.5 Å². The van der Waals surface area contributed by atoms with E-state index in [0.717, 1.165) is 23.4 Å². The number of carbonyl (C=O) groups excluding carboxylic acids is 1. The third-order valence-electron chi connectivity index (χ3n) is 4.32. The van der Waals surface area contributed by atoms with Crippen molar-refractivity contribution in [1.82, 2.24) is 5.16 Å². The van der Waals surface area contributed by atoms with Crippen molar-refractivity contribution in [2.45, 2.75) is 26.8 Å². The van der Waals surface area contributed by atoms with Crippen molar-refractivity contribution in [3.63, 3.8) is 0 Å². The Bertz CT molecular complexity index is 1040. The van der Waals surface area contributed by atoms with Crippen LogP contribution in [0.5, 0.6) is 17.2 Å². The molecule has 0 radical (unpaired) electrons. The summed E-state index contributed by atoms with van der Waals surface area (Å²) in [5, 5.41) is 6.46. The van der Waals surface area contributed by atoms with Crippen LogP contribution in [0.1, 0.15) is 27.4 Å². The fourth-order valence-corrected chi connectivity index (χ4v) is 2.73. The van der Waals surface area contributed by atoms with Gasteiger partial charge in [-0.1, -0.05) is 5.16 Å². The van der Waals surface area contributed by atoms with Crippen LogP contribution in [0.3, 0.4) is 0 Å². The highest BCUT2D eigenvalue weighted by atomic mass is 19.4. The van der Waals surface area contributed by atoms with Crippen LogP contribution in [0.15, 0.2) is 47.0 Å². The first-order valence-corrected chi connectivity index (χ1v) is 9.06. The third kappa shape index (κ3) is 5.68. The summed E-state index contributed by atoms with van der Waals surface area (Å²) in [7, 11) is 1.44. The van der Waals surface area contributed by atoms with Crippen molar-refractivity contribution in [2.75, 3.05) is 12.4 Å². The summed E-state index contributed by atoms with van der Waals surface area (Å²) in [5.41, 5.74) is 2.12. The van der Waals surface area contributed by atoms with Crippen LogP contribution < -0.4 is 19.5 Å². The molecule has 0 aliphatic rings. The fraction of sp³-hybridized carbons (Fsp3) is 0.238. The summed E-state index contributed by atoms with van der Waals surface area (Å²) in [6.07, 6.45) is -4.78. The summed E-state index contributed by atoms with van der Waals surface area (Å²) < 4.78 is 56.7. The molecule has 0 fully saturated rings. The van der Waals surface area contributed by atoms with Crippen LogP contribution in [0.2, 0.25) is 0 Å². The molecule has 0 atom stereocenters. The van der Waals surface area contributed by atoms with Gasteiger partial charge in [0.2, 0.25) is 0 Å². The van der Waals surface area contributed by atoms with E-state index in [0.29, 0.717) is 22.9 Å². The quantitative estimate of drug-likeness (QED) is 0.559. The monoisotopic (exact) mass is 436 g/mol. The molecule has 1 aromatic heterocycles. The largest absolute Gasteiger partial charge is 0.573 e. The minimum Gasteiger partial charge on any atom is -0.493 e. The van der Waals surface area contributed by atoms with Gasteiger partial charge in [-0.3, -0.25) is 4.79 Å². The van der Waals surface area contributed by atoms with Crippen molar-refractivity contribution < 1.29 is 36.7 Å². The van der Waals surface area contributed by atoms with Crippen LogP contribution in [0.4, 0.5) is 18.9 Å². The van der Waals surface area contributed by atoms with Gasteiger partial charge in [0, 0.05) is 11.3 Å². The molecule has 31 heavy (non-hydrogen) atoms. The van der Waals surface area contributed by atoms with E-state index in [1.165, 1.54) is 25.3 Å². The Balaban J connectivity index is 1.67. The maximum atomic E-state index is 12.5. The normalized spacial score (nSPS) is 11.2. The minimum absolute atomic E-state index is 0.218. The summed E-state index contributed by atoms with van der Waals surface area (Å²) in [5.74, 6) is 0.562. The highest BCUT2D eigenvalue weighted by molar-refractivity contribution is 6.04. The first-order valence-electron chi connectivity index (χ1n) is 9.06. The number of benzene rings is 2. The Kier molecular flexibility index (Phi) is 6.38. The minimum atomic E-state index is -4.78. The van der Waals surface area contributed by atoms with Gasteiger partial charge in [-0.05, 0) is 56.3 Å². The molecule has 7 nitrogen and oxygen atoms in total. The van der Waals surface area contributed by atoms with E-state index in [1.54, 1.807) is 19.1 Å². The lowest BCUT2D eigenvalue weighted by atomic mass is 10.1. The van der Waals surface area contributed by atoms with E-state index in [9.17, 15) is 18.0 Å². The van der Waals surface area contributed by atoms with E-state index < -0.39 is 12.3 Å². The lowest BCUT2D eigenvalue weighted by Crippen LogP contribution is -2.17. The van der Waals surface area contributed by atoms with E-state index in [2.05, 4.69) is 15.2 Å². The molecule has 0 bridgehead atoms. The summed E-state index contributed by atoms with van der Waals surface area (Å²) in [6, 6.07) is 9.45. The number of amides is 1. The fourth-order valence-electron chi connectivity index (χ4n) is 2.73. The molecule has 1 N–H and O–H groups in total. The molecule has 10 heteroatoms. The van der Waals surface area contributed by atoms with Crippen molar-refractivity contribution in [2.24, 2.45) is 0 Å². The first kappa shape index (κ1) is 22.0. The number of carbonyl (C=O) groups is 1. The molecule has 1 amide bonds. The van der Waals surface area contributed by atoms with Crippen molar-refractivity contribution in [3.05, 3.63) is 65.0 Å². The number of ether oxygens (including phenoxy) is 3. The number of anilines is 1. The molecule has 3 aromatic rings. The Labute approximate surface area is 175 Å². The Hall–Kier alpha value is -3.69. The first-order chi connectivity index (χ1) is 14.7. The second kappa shape index (κ2) is 8.99. The summed E-state index contributed by atoms with van der Waals surface area (Å²) >= 11 is 0. The van der Waals surface area contributed by atoms with Gasteiger partial charge in [-0.2, -0.15) is 0 Å². The van der Waals surface area contributed by atoms with E-state index in [4.69, 9.17) is 14.0 Å². The maximum absolute atomic E-state index is 12.5. The van der Waals surface area contributed by atoms with Crippen LogP contribution in [0, 0.1) is 13.8 Å². The number of alkyl halides is 3. The molecule has 0 spiro atoms. The number of aryl methyl sites for hydroxylation is 2. The zero-order valence-electron chi connectivity index (χ0n) is 16.9. The zero-order chi connectivity index (χ0) is 22.6. The topological polar surface area (TPSA) is 82.8 Å². The smallest absolute Gasteiger partial charge is 0.493 e. The van der Waals surface area contributed by atoms with Crippen molar-refractivity contribution >= 4 is 11.6 Å². The molecule has 0 saturated carbocycles. The van der Waals surface area contributed by atoms with Crippen molar-refractivity contribution in [3.8, 4) is 17.2 Å². The molecule has 0 aliphatic heterocycles. The van der Waals surface area contributed by atoms with Gasteiger partial charge in [0.25, 0.3) is 5.91 Å². The van der Waals surface area contributed by atoms with Gasteiger partial charge >= 0.3 is 6.36 Å². The predicted molar refractivity (Wildman–Crippen MR) is 104 cm³/mol. The average Bonchev–Trinajstić information content (AvgIpc) is 3.04. The van der Waals surface area contributed by atoms with E-state index in [1.807, 2.05) is 6.92 Å². The highest BCUT2D eigenvalue weighted by Gasteiger charge is 2.31. The Morgan fingerprint density at radius 1 is 1.10 bits per heavy atom. The molecular formula is C21H19F3N2O5. The van der Waals surface area contributed by atoms with Gasteiger partial charge in [-0.25, -0.2) is 0 Å². The third-order valence-corrected chi connectivity index (χ3v) is 4.32.